The average Bonchev–Trinajstić information content (AvgIpc) is 2.87. The highest BCUT2D eigenvalue weighted by molar-refractivity contribution is 5.92. The van der Waals surface area contributed by atoms with Crippen LogP contribution in [0.15, 0.2) is 36.4 Å². The second-order valence-corrected chi connectivity index (χ2v) is 11.2. The van der Waals surface area contributed by atoms with Crippen molar-refractivity contribution in [1.29, 1.82) is 0 Å². The summed E-state index contributed by atoms with van der Waals surface area (Å²) in [5.74, 6) is 2.79. The van der Waals surface area contributed by atoms with Crippen LogP contribution in [0.25, 0.3) is 11.6 Å². The molecule has 6 rings (SSSR count). The number of carbonyl (C=O) groups is 1. The van der Waals surface area contributed by atoms with Crippen LogP contribution in [0.2, 0.25) is 0 Å². The molecule has 1 N–H and O–H groups in total. The van der Waals surface area contributed by atoms with Crippen molar-refractivity contribution in [2.45, 2.75) is 50.9 Å². The molecule has 0 aliphatic heterocycles. The molecule has 0 aromatic heterocycles. The monoisotopic (exact) mass is 506 g/mol. The number of rotatable bonds is 11. The van der Waals surface area contributed by atoms with Gasteiger partial charge < -0.3 is 24.1 Å². The number of carboxylic acid groups (broad SMARTS) is 1. The van der Waals surface area contributed by atoms with E-state index in [0.717, 1.165) is 40.2 Å². The van der Waals surface area contributed by atoms with Gasteiger partial charge in [-0.3, -0.25) is 0 Å². The quantitative estimate of drug-likeness (QED) is 0.215. The molecule has 4 saturated carbocycles. The highest BCUT2D eigenvalue weighted by atomic mass is 16.7. The zero-order valence-electron chi connectivity index (χ0n) is 22.1. The van der Waals surface area contributed by atoms with Crippen LogP contribution in [-0.2, 0) is 14.9 Å². The molecule has 4 aliphatic carbocycles. The Bertz CT molecular complexity index is 1130. The first-order valence-corrected chi connectivity index (χ1v) is 13.3. The molecule has 198 valence electrons. The largest absolute Gasteiger partial charge is 0.496 e. The number of methoxy groups -OCH3 is 2. The molecular formula is C31H38O6. The molecule has 4 bridgehead atoms. The third kappa shape index (κ3) is 5.41. The standard InChI is InChI=1S/C31H38O6/c1-20(10-21-4-6-26(30(32)33)29(14-21)35-3)25-5-7-28(37-19-36-9-8-34-2)27(15-25)31-16-22-11-23(17-31)13-24(12-22)18-31/h4-7,10,14-15,22-24H,8-9,11-13,16-19H2,1-3H3,(H,32,33)/b20-10-. The molecule has 0 unspecified atom stereocenters. The van der Waals surface area contributed by atoms with Crippen LogP contribution in [0.1, 0.15) is 72.5 Å². The molecule has 0 amide bonds. The van der Waals surface area contributed by atoms with Crippen LogP contribution in [0.4, 0.5) is 0 Å². The number of allylic oxidation sites excluding steroid dienone is 1. The predicted octanol–water partition coefficient (Wildman–Crippen LogP) is 6.42. The summed E-state index contributed by atoms with van der Waals surface area (Å²) in [5.41, 5.74) is 4.84. The van der Waals surface area contributed by atoms with Gasteiger partial charge in [-0.25, -0.2) is 4.79 Å². The Kier molecular flexibility index (Phi) is 7.59. The van der Waals surface area contributed by atoms with Gasteiger partial charge in [0, 0.05) is 12.7 Å². The molecule has 6 heteroatoms. The van der Waals surface area contributed by atoms with Crippen molar-refractivity contribution < 1.29 is 28.8 Å². The third-order valence-corrected chi connectivity index (χ3v) is 8.61. The average molecular weight is 507 g/mol. The van der Waals surface area contributed by atoms with E-state index in [9.17, 15) is 9.90 Å². The van der Waals surface area contributed by atoms with Crippen LogP contribution < -0.4 is 9.47 Å². The summed E-state index contributed by atoms with van der Waals surface area (Å²) in [7, 11) is 3.16. The van der Waals surface area contributed by atoms with E-state index in [1.165, 1.54) is 51.2 Å². The highest BCUT2D eigenvalue weighted by Crippen LogP contribution is 2.62. The van der Waals surface area contributed by atoms with E-state index >= 15 is 0 Å². The zero-order chi connectivity index (χ0) is 26.0. The molecule has 2 aromatic rings. The predicted molar refractivity (Wildman–Crippen MR) is 143 cm³/mol. The topological polar surface area (TPSA) is 74.2 Å². The Balaban J connectivity index is 1.46. The Hall–Kier alpha value is -2.83. The second-order valence-electron chi connectivity index (χ2n) is 11.2. The fourth-order valence-corrected chi connectivity index (χ4v) is 7.37. The van der Waals surface area contributed by atoms with Gasteiger partial charge in [0.2, 0.25) is 0 Å². The van der Waals surface area contributed by atoms with Gasteiger partial charge in [0.05, 0.1) is 20.3 Å². The number of ether oxygens (including phenoxy) is 4. The van der Waals surface area contributed by atoms with E-state index in [-0.39, 0.29) is 17.8 Å². The van der Waals surface area contributed by atoms with E-state index in [1.807, 2.05) is 6.07 Å². The fraction of sp³-hybridized carbons (Fsp3) is 0.516. The van der Waals surface area contributed by atoms with Crippen LogP contribution in [0, 0.1) is 17.8 Å². The summed E-state index contributed by atoms with van der Waals surface area (Å²) in [6, 6.07) is 11.8. The van der Waals surface area contributed by atoms with Crippen LogP contribution in [0.5, 0.6) is 11.5 Å². The number of hydrogen-bond acceptors (Lipinski definition) is 5. The Morgan fingerprint density at radius 2 is 1.68 bits per heavy atom. The molecule has 37 heavy (non-hydrogen) atoms. The van der Waals surface area contributed by atoms with Crippen molar-refractivity contribution in [3.8, 4) is 11.5 Å². The van der Waals surface area contributed by atoms with Gasteiger partial charge >= 0.3 is 5.97 Å². The molecule has 2 aromatic carbocycles. The second kappa shape index (κ2) is 10.9. The molecule has 4 fully saturated rings. The minimum Gasteiger partial charge on any atom is -0.496 e. The lowest BCUT2D eigenvalue weighted by Crippen LogP contribution is -2.48. The van der Waals surface area contributed by atoms with Gasteiger partial charge in [0.1, 0.15) is 17.1 Å². The highest BCUT2D eigenvalue weighted by Gasteiger charge is 2.52. The molecule has 0 atom stereocenters. The van der Waals surface area contributed by atoms with Gasteiger partial charge in [0.15, 0.2) is 6.79 Å². The third-order valence-electron chi connectivity index (χ3n) is 8.61. The van der Waals surface area contributed by atoms with Gasteiger partial charge in [-0.15, -0.1) is 0 Å². The molecule has 0 heterocycles. The van der Waals surface area contributed by atoms with E-state index in [0.29, 0.717) is 19.0 Å². The molecular weight excluding hydrogens is 468 g/mol. The first-order chi connectivity index (χ1) is 17.9. The summed E-state index contributed by atoms with van der Waals surface area (Å²) >= 11 is 0. The minimum absolute atomic E-state index is 0.163. The normalized spacial score (nSPS) is 26.4. The first-order valence-electron chi connectivity index (χ1n) is 13.3. The maximum absolute atomic E-state index is 11.5. The summed E-state index contributed by atoms with van der Waals surface area (Å²) in [6.45, 7) is 3.37. The minimum atomic E-state index is -0.994. The maximum atomic E-state index is 11.5. The van der Waals surface area contributed by atoms with E-state index in [2.05, 4.69) is 31.2 Å². The Labute approximate surface area is 219 Å². The summed E-state index contributed by atoms with van der Waals surface area (Å²) in [6.07, 6.45) is 10.0. The van der Waals surface area contributed by atoms with E-state index < -0.39 is 5.97 Å². The lowest BCUT2D eigenvalue weighted by atomic mass is 9.48. The Morgan fingerprint density at radius 3 is 2.30 bits per heavy atom. The summed E-state index contributed by atoms with van der Waals surface area (Å²) in [4.78, 5) is 11.5. The van der Waals surface area contributed by atoms with Crippen LogP contribution >= 0.6 is 0 Å². The van der Waals surface area contributed by atoms with Gasteiger partial charge in [0.25, 0.3) is 0 Å². The number of benzene rings is 2. The molecule has 6 nitrogen and oxygen atoms in total. The van der Waals surface area contributed by atoms with Gasteiger partial charge in [-0.05, 0) is 110 Å². The maximum Gasteiger partial charge on any atom is 0.339 e. The van der Waals surface area contributed by atoms with E-state index in [1.54, 1.807) is 19.2 Å². The molecule has 0 saturated heterocycles. The van der Waals surface area contributed by atoms with Crippen molar-refractivity contribution in [3.63, 3.8) is 0 Å². The molecule has 0 spiro atoms. The van der Waals surface area contributed by atoms with Crippen molar-refractivity contribution in [1.82, 2.24) is 0 Å². The zero-order valence-corrected chi connectivity index (χ0v) is 22.1. The fourth-order valence-electron chi connectivity index (χ4n) is 7.37. The van der Waals surface area contributed by atoms with Gasteiger partial charge in [-0.2, -0.15) is 0 Å². The van der Waals surface area contributed by atoms with Crippen molar-refractivity contribution >= 4 is 17.6 Å². The van der Waals surface area contributed by atoms with Crippen molar-refractivity contribution in [2.24, 2.45) is 17.8 Å². The molecule has 0 radical (unpaired) electrons. The van der Waals surface area contributed by atoms with Crippen molar-refractivity contribution in [2.75, 3.05) is 34.2 Å². The Morgan fingerprint density at radius 1 is 0.973 bits per heavy atom. The lowest BCUT2D eigenvalue weighted by Gasteiger charge is -2.57. The van der Waals surface area contributed by atoms with E-state index in [4.69, 9.17) is 18.9 Å². The number of hydrogen-bond donors (Lipinski definition) is 1. The van der Waals surface area contributed by atoms with Gasteiger partial charge in [-0.1, -0.05) is 18.2 Å². The molecule has 4 aliphatic rings. The van der Waals surface area contributed by atoms with Crippen LogP contribution in [0.3, 0.4) is 0 Å². The van der Waals surface area contributed by atoms with Crippen molar-refractivity contribution in [3.05, 3.63) is 58.7 Å². The first kappa shape index (κ1) is 25.8. The SMILES string of the molecule is COCCOCOc1ccc(/C(C)=C\c2ccc(C(=O)O)c(OC)c2)cc1C12CC3CC(CC(C3)C1)C2. The summed E-state index contributed by atoms with van der Waals surface area (Å²) in [5, 5.41) is 9.40. The smallest absolute Gasteiger partial charge is 0.339 e. The lowest BCUT2D eigenvalue weighted by molar-refractivity contribution is -0.0189. The number of carboxylic acids is 1. The number of aromatic carboxylic acids is 1. The van der Waals surface area contributed by atoms with Crippen LogP contribution in [-0.4, -0.2) is 45.3 Å². The summed E-state index contributed by atoms with van der Waals surface area (Å²) < 4.78 is 22.3.